The molecule has 0 aromatic heterocycles. The van der Waals surface area contributed by atoms with Crippen molar-refractivity contribution >= 4 is 5.91 Å². The molecule has 0 radical (unpaired) electrons. The second-order valence-electron chi connectivity index (χ2n) is 5.62. The van der Waals surface area contributed by atoms with Crippen LogP contribution in [0.1, 0.15) is 36.8 Å². The molecule has 20 heavy (non-hydrogen) atoms. The van der Waals surface area contributed by atoms with Crippen LogP contribution in [0.5, 0.6) is 0 Å². The van der Waals surface area contributed by atoms with E-state index >= 15 is 0 Å². The van der Waals surface area contributed by atoms with Gasteiger partial charge in [-0.15, -0.1) is 0 Å². The summed E-state index contributed by atoms with van der Waals surface area (Å²) in [5, 5.41) is 10.0. The zero-order valence-electron chi connectivity index (χ0n) is 12.1. The number of amides is 1. The molecule has 4 nitrogen and oxygen atoms in total. The monoisotopic (exact) mass is 276 g/mol. The zero-order chi connectivity index (χ0) is 14.5. The molecular formula is C16H24N2O2. The maximum absolute atomic E-state index is 12.3. The molecule has 1 saturated carbocycles. The number of nitrogens with zero attached hydrogens (tertiary/aromatic N) is 1. The standard InChI is InChI=1S/C16H24N2O2/c1-18(14-4-2-3-5-15(14)19)16(20)10-12-6-8-13(11-17)9-7-12/h6-9,14-15,19H,2-5,10-11,17H2,1H3. The molecule has 1 aliphatic carbocycles. The van der Waals surface area contributed by atoms with Gasteiger partial charge >= 0.3 is 0 Å². The van der Waals surface area contributed by atoms with Crippen LogP contribution in [0.2, 0.25) is 0 Å². The van der Waals surface area contributed by atoms with Gasteiger partial charge in [0.05, 0.1) is 18.6 Å². The van der Waals surface area contributed by atoms with Crippen LogP contribution in [0.15, 0.2) is 24.3 Å². The Morgan fingerprint density at radius 3 is 2.45 bits per heavy atom. The summed E-state index contributed by atoms with van der Waals surface area (Å²) in [7, 11) is 1.80. The molecule has 1 aliphatic rings. The number of carbonyl (C=O) groups is 1. The van der Waals surface area contributed by atoms with E-state index < -0.39 is 0 Å². The molecule has 4 heteroatoms. The van der Waals surface area contributed by atoms with Crippen molar-refractivity contribution in [1.29, 1.82) is 0 Å². The van der Waals surface area contributed by atoms with Gasteiger partial charge in [0, 0.05) is 13.6 Å². The van der Waals surface area contributed by atoms with Gasteiger partial charge < -0.3 is 15.7 Å². The molecular weight excluding hydrogens is 252 g/mol. The summed E-state index contributed by atoms with van der Waals surface area (Å²) in [4.78, 5) is 14.0. The van der Waals surface area contributed by atoms with E-state index in [1.54, 1.807) is 11.9 Å². The number of rotatable bonds is 4. The lowest BCUT2D eigenvalue weighted by Gasteiger charge is -2.35. The Hall–Kier alpha value is -1.39. The Morgan fingerprint density at radius 1 is 1.25 bits per heavy atom. The maximum atomic E-state index is 12.3. The number of carbonyl (C=O) groups excluding carboxylic acids is 1. The molecule has 3 N–H and O–H groups in total. The topological polar surface area (TPSA) is 66.6 Å². The minimum Gasteiger partial charge on any atom is -0.391 e. The van der Waals surface area contributed by atoms with Crippen molar-refractivity contribution in [3.8, 4) is 0 Å². The first kappa shape index (κ1) is 15.0. The van der Waals surface area contributed by atoms with Gasteiger partial charge in [0.2, 0.25) is 5.91 Å². The minimum atomic E-state index is -0.377. The predicted molar refractivity (Wildman–Crippen MR) is 79.1 cm³/mol. The molecule has 1 fully saturated rings. The fraction of sp³-hybridized carbons (Fsp3) is 0.562. The van der Waals surface area contributed by atoms with Crippen molar-refractivity contribution in [2.24, 2.45) is 5.73 Å². The van der Waals surface area contributed by atoms with E-state index in [1.165, 1.54) is 0 Å². The largest absolute Gasteiger partial charge is 0.391 e. The van der Waals surface area contributed by atoms with Crippen molar-refractivity contribution in [3.05, 3.63) is 35.4 Å². The molecule has 0 heterocycles. The number of benzene rings is 1. The third-order valence-electron chi connectivity index (χ3n) is 4.20. The van der Waals surface area contributed by atoms with Crippen LogP contribution in [0.3, 0.4) is 0 Å². The average molecular weight is 276 g/mol. The van der Waals surface area contributed by atoms with Crippen molar-refractivity contribution < 1.29 is 9.90 Å². The Bertz CT molecular complexity index is 444. The number of hydrogen-bond donors (Lipinski definition) is 2. The zero-order valence-corrected chi connectivity index (χ0v) is 12.1. The molecule has 2 unspecified atom stereocenters. The summed E-state index contributed by atoms with van der Waals surface area (Å²) in [6.45, 7) is 0.516. The molecule has 0 aliphatic heterocycles. The van der Waals surface area contributed by atoms with Gasteiger partial charge in [-0.05, 0) is 24.0 Å². The van der Waals surface area contributed by atoms with E-state index in [1.807, 2.05) is 24.3 Å². The quantitative estimate of drug-likeness (QED) is 0.874. The van der Waals surface area contributed by atoms with E-state index in [2.05, 4.69) is 0 Å². The van der Waals surface area contributed by atoms with E-state index in [0.29, 0.717) is 13.0 Å². The van der Waals surface area contributed by atoms with E-state index in [-0.39, 0.29) is 18.1 Å². The lowest BCUT2D eigenvalue weighted by molar-refractivity contribution is -0.134. The van der Waals surface area contributed by atoms with Gasteiger partial charge in [-0.25, -0.2) is 0 Å². The van der Waals surface area contributed by atoms with Crippen molar-refractivity contribution in [2.45, 2.75) is 50.8 Å². The van der Waals surface area contributed by atoms with E-state index in [4.69, 9.17) is 5.73 Å². The molecule has 1 amide bonds. The van der Waals surface area contributed by atoms with Gasteiger partial charge in [0.15, 0.2) is 0 Å². The van der Waals surface area contributed by atoms with Gasteiger partial charge in [-0.2, -0.15) is 0 Å². The summed E-state index contributed by atoms with van der Waals surface area (Å²) >= 11 is 0. The summed E-state index contributed by atoms with van der Waals surface area (Å²) in [6, 6.07) is 7.78. The molecule has 1 aromatic rings. The molecule has 110 valence electrons. The summed E-state index contributed by atoms with van der Waals surface area (Å²) in [5.74, 6) is 0.0662. The van der Waals surface area contributed by atoms with E-state index in [0.717, 1.165) is 36.8 Å². The molecule has 0 bridgehead atoms. The second kappa shape index (κ2) is 6.86. The van der Waals surface area contributed by atoms with Crippen LogP contribution in [0, 0.1) is 0 Å². The third-order valence-corrected chi connectivity index (χ3v) is 4.20. The smallest absolute Gasteiger partial charge is 0.227 e. The molecule has 2 atom stereocenters. The van der Waals surface area contributed by atoms with Gasteiger partial charge in [0.25, 0.3) is 0 Å². The summed E-state index contributed by atoms with van der Waals surface area (Å²) < 4.78 is 0. The fourth-order valence-electron chi connectivity index (χ4n) is 2.82. The Balaban J connectivity index is 1.95. The van der Waals surface area contributed by atoms with Crippen LogP contribution in [-0.2, 0) is 17.8 Å². The maximum Gasteiger partial charge on any atom is 0.227 e. The van der Waals surface area contributed by atoms with Crippen LogP contribution in [0.25, 0.3) is 0 Å². The molecule has 1 aromatic carbocycles. The number of likely N-dealkylation sites (N-methyl/N-ethyl adjacent to an activating group) is 1. The van der Waals surface area contributed by atoms with Gasteiger partial charge in [0.1, 0.15) is 0 Å². The number of hydrogen-bond acceptors (Lipinski definition) is 3. The van der Waals surface area contributed by atoms with Crippen molar-refractivity contribution in [1.82, 2.24) is 4.90 Å². The molecule has 2 rings (SSSR count). The highest BCUT2D eigenvalue weighted by atomic mass is 16.3. The van der Waals surface area contributed by atoms with Gasteiger partial charge in [-0.1, -0.05) is 37.1 Å². The number of nitrogens with two attached hydrogens (primary N) is 1. The second-order valence-corrected chi connectivity index (χ2v) is 5.62. The Labute approximate surface area is 120 Å². The first-order chi connectivity index (χ1) is 9.61. The number of aliphatic hydroxyl groups excluding tert-OH is 1. The first-order valence-electron chi connectivity index (χ1n) is 7.33. The normalized spacial score (nSPS) is 22.6. The van der Waals surface area contributed by atoms with Crippen LogP contribution in [0.4, 0.5) is 0 Å². The Kier molecular flexibility index (Phi) is 5.15. The SMILES string of the molecule is CN(C(=O)Cc1ccc(CN)cc1)C1CCCCC1O. The average Bonchev–Trinajstić information content (AvgIpc) is 2.48. The van der Waals surface area contributed by atoms with Crippen LogP contribution in [-0.4, -0.2) is 35.1 Å². The first-order valence-corrected chi connectivity index (χ1v) is 7.33. The Morgan fingerprint density at radius 2 is 1.85 bits per heavy atom. The summed E-state index contributed by atoms with van der Waals surface area (Å²) in [6.07, 6.45) is 3.84. The lowest BCUT2D eigenvalue weighted by Crippen LogP contribution is -2.46. The summed E-state index contributed by atoms with van der Waals surface area (Å²) in [5.41, 5.74) is 7.62. The van der Waals surface area contributed by atoms with Gasteiger partial charge in [-0.3, -0.25) is 4.79 Å². The minimum absolute atomic E-state index is 0.0282. The fourth-order valence-corrected chi connectivity index (χ4v) is 2.82. The van der Waals surface area contributed by atoms with Crippen molar-refractivity contribution in [2.75, 3.05) is 7.05 Å². The predicted octanol–water partition coefficient (Wildman–Crippen LogP) is 1.45. The van der Waals surface area contributed by atoms with E-state index in [9.17, 15) is 9.90 Å². The van der Waals surface area contributed by atoms with Crippen LogP contribution < -0.4 is 5.73 Å². The highest BCUT2D eigenvalue weighted by Crippen LogP contribution is 2.23. The highest BCUT2D eigenvalue weighted by Gasteiger charge is 2.29. The third kappa shape index (κ3) is 3.58. The van der Waals surface area contributed by atoms with Crippen LogP contribution >= 0.6 is 0 Å². The lowest BCUT2D eigenvalue weighted by atomic mass is 9.91. The number of aliphatic hydroxyl groups is 1. The van der Waals surface area contributed by atoms with Crippen molar-refractivity contribution in [3.63, 3.8) is 0 Å². The highest BCUT2D eigenvalue weighted by molar-refractivity contribution is 5.78. The molecule has 0 saturated heterocycles. The molecule has 0 spiro atoms.